The van der Waals surface area contributed by atoms with Crippen LogP contribution in [0.15, 0.2) is 60.7 Å². The number of fused-ring (bicyclic) bond motifs is 10. The van der Waals surface area contributed by atoms with Gasteiger partial charge in [-0.25, -0.2) is 4.98 Å². The minimum atomic E-state index is 0.122. The summed E-state index contributed by atoms with van der Waals surface area (Å²) in [5.74, 6) is 0. The highest BCUT2D eigenvalue weighted by Gasteiger charge is 2.61. The van der Waals surface area contributed by atoms with Crippen LogP contribution in [0.5, 0.6) is 0 Å². The van der Waals surface area contributed by atoms with Gasteiger partial charge in [0.1, 0.15) is 0 Å². The van der Waals surface area contributed by atoms with Gasteiger partial charge in [0.15, 0.2) is 0 Å². The van der Waals surface area contributed by atoms with E-state index in [-0.39, 0.29) is 17.7 Å². The summed E-state index contributed by atoms with van der Waals surface area (Å²) in [7, 11) is 0. The Morgan fingerprint density at radius 3 is 2.61 bits per heavy atom. The van der Waals surface area contributed by atoms with Gasteiger partial charge in [-0.2, -0.15) is 0 Å². The van der Waals surface area contributed by atoms with Crippen molar-refractivity contribution in [2.75, 3.05) is 4.90 Å². The first-order valence-electron chi connectivity index (χ1n) is 11.7. The number of aromatic nitrogens is 2. The van der Waals surface area contributed by atoms with Crippen molar-refractivity contribution < 1.29 is 0 Å². The van der Waals surface area contributed by atoms with Crippen LogP contribution < -0.4 is 21.5 Å². The maximum Gasteiger partial charge on any atom is 0.294 e. The monoisotopic (exact) mass is 401 g/mol. The number of para-hydroxylation sites is 3. The molecule has 0 amide bonds. The number of anilines is 2. The minimum Gasteiger partial charge on any atom is -0.335 e. The summed E-state index contributed by atoms with van der Waals surface area (Å²) in [6.07, 6.45) is 5.17. The lowest BCUT2D eigenvalue weighted by atomic mass is 9.39. The smallest absolute Gasteiger partial charge is 0.294 e. The third kappa shape index (κ3) is 1.62. The molecule has 1 aliphatic carbocycles. The average Bonchev–Trinajstić information content (AvgIpc) is 3.38. The Morgan fingerprint density at radius 1 is 0.871 bits per heavy atom. The predicted molar refractivity (Wildman–Crippen MR) is 129 cm³/mol. The second-order valence-electron chi connectivity index (χ2n) is 10.3. The van der Waals surface area contributed by atoms with E-state index >= 15 is 0 Å². The second-order valence-corrected chi connectivity index (χ2v) is 10.3. The number of benzene rings is 3. The zero-order valence-corrected chi connectivity index (χ0v) is 18.0. The van der Waals surface area contributed by atoms with Crippen molar-refractivity contribution in [2.24, 2.45) is 0 Å². The molecular weight excluding hydrogens is 377 g/mol. The fraction of sp³-hybridized carbons (Fsp3) is 0.296. The predicted octanol–water partition coefficient (Wildman–Crippen LogP) is 3.91. The summed E-state index contributed by atoms with van der Waals surface area (Å²) in [6.45, 7) is 5.27. The van der Waals surface area contributed by atoms with Crippen molar-refractivity contribution >= 4 is 45.8 Å². The van der Waals surface area contributed by atoms with E-state index in [0.717, 1.165) is 5.52 Å². The molecule has 31 heavy (non-hydrogen) atoms. The average molecular weight is 401 g/mol. The van der Waals surface area contributed by atoms with Crippen molar-refractivity contribution in [3.8, 4) is 5.69 Å². The van der Waals surface area contributed by atoms with Gasteiger partial charge in [-0.1, -0.05) is 56.2 Å². The van der Waals surface area contributed by atoms with E-state index in [2.05, 4.69) is 84.0 Å². The van der Waals surface area contributed by atoms with Crippen molar-refractivity contribution in [1.29, 1.82) is 0 Å². The molecule has 4 aromatic rings. The molecule has 1 saturated carbocycles. The highest BCUT2D eigenvalue weighted by Crippen LogP contribution is 2.61. The molecule has 1 aromatic heterocycles. The fourth-order valence-corrected chi connectivity index (χ4v) is 7.54. The summed E-state index contributed by atoms with van der Waals surface area (Å²) in [4.78, 5) is 7.93. The van der Waals surface area contributed by atoms with Gasteiger partial charge in [0, 0.05) is 22.5 Å². The Hall–Kier alpha value is -3.01. The topological polar surface area (TPSA) is 21.1 Å². The summed E-state index contributed by atoms with van der Waals surface area (Å²) < 4.78 is 2.42. The molecule has 0 spiro atoms. The van der Waals surface area contributed by atoms with Crippen LogP contribution in [0.1, 0.15) is 45.1 Å². The Balaban J connectivity index is 1.53. The quantitative estimate of drug-likeness (QED) is 0.367. The molecule has 3 aliphatic heterocycles. The number of hydrogen-bond donors (Lipinski definition) is 0. The molecule has 0 N–H and O–H groups in total. The summed E-state index contributed by atoms with van der Waals surface area (Å²) in [5.41, 5.74) is 12.5. The van der Waals surface area contributed by atoms with Gasteiger partial charge in [0.05, 0.1) is 22.3 Å². The first kappa shape index (κ1) is 16.7. The van der Waals surface area contributed by atoms with Gasteiger partial charge in [-0.3, -0.25) is 0 Å². The van der Waals surface area contributed by atoms with Gasteiger partial charge in [-0.15, -0.1) is 0 Å². The third-order valence-electron chi connectivity index (χ3n) is 9.14. The zero-order chi connectivity index (χ0) is 20.5. The lowest BCUT2D eigenvalue weighted by Gasteiger charge is -2.51. The van der Waals surface area contributed by atoms with Crippen LogP contribution in [-0.4, -0.2) is 21.8 Å². The SMILES string of the molecule is CC12CCCCC1(C)N1c3cccc4c3B(c3cccc2c31)c1nc2ccccc2n1-4. The van der Waals surface area contributed by atoms with Gasteiger partial charge in [-0.05, 0) is 60.5 Å². The Kier molecular flexibility index (Phi) is 2.72. The summed E-state index contributed by atoms with van der Waals surface area (Å²) in [5, 5.41) is 0. The van der Waals surface area contributed by atoms with Gasteiger partial charge < -0.3 is 9.47 Å². The van der Waals surface area contributed by atoms with Gasteiger partial charge in [0.25, 0.3) is 6.71 Å². The number of imidazole rings is 1. The molecular formula is C27H24BN3. The summed E-state index contributed by atoms with van der Waals surface area (Å²) in [6, 6.07) is 22.6. The van der Waals surface area contributed by atoms with E-state index in [9.17, 15) is 0 Å². The van der Waals surface area contributed by atoms with Crippen LogP contribution in [0.2, 0.25) is 0 Å². The molecule has 1 fully saturated rings. The molecule has 3 nitrogen and oxygen atoms in total. The normalized spacial score (nSPS) is 26.6. The van der Waals surface area contributed by atoms with Crippen molar-refractivity contribution in [3.63, 3.8) is 0 Å². The maximum atomic E-state index is 5.18. The van der Waals surface area contributed by atoms with Crippen LogP contribution >= 0.6 is 0 Å². The number of rotatable bonds is 0. The minimum absolute atomic E-state index is 0.122. The molecule has 0 radical (unpaired) electrons. The second kappa shape index (κ2) is 5.07. The van der Waals surface area contributed by atoms with E-state index < -0.39 is 0 Å². The molecule has 4 aliphatic rings. The largest absolute Gasteiger partial charge is 0.335 e. The van der Waals surface area contributed by atoms with Crippen LogP contribution in [0.25, 0.3) is 16.7 Å². The molecule has 3 aromatic carbocycles. The first-order chi connectivity index (χ1) is 15.1. The third-order valence-corrected chi connectivity index (χ3v) is 9.14. The standard InChI is InChI=1S/C27H24BN3/c1-26-15-5-6-16-27(26,2)31-22-14-8-13-21-23(22)28(18-10-7-9-17(26)24(18)31)25-29-19-11-3-4-12-20(19)30(21)25/h3-4,7-14H,5-6,15-16H2,1-2H3. The van der Waals surface area contributed by atoms with E-state index in [1.807, 2.05) is 0 Å². The van der Waals surface area contributed by atoms with Crippen molar-refractivity contribution in [3.05, 3.63) is 66.2 Å². The van der Waals surface area contributed by atoms with Crippen LogP contribution in [0.3, 0.4) is 0 Å². The Labute approximate surface area is 182 Å². The lowest BCUT2D eigenvalue weighted by molar-refractivity contribution is 0.195. The van der Waals surface area contributed by atoms with Crippen LogP contribution in [-0.2, 0) is 5.41 Å². The van der Waals surface area contributed by atoms with Crippen molar-refractivity contribution in [2.45, 2.75) is 50.5 Å². The van der Waals surface area contributed by atoms with Gasteiger partial charge in [0.2, 0.25) is 0 Å². The zero-order valence-electron chi connectivity index (χ0n) is 18.0. The van der Waals surface area contributed by atoms with E-state index in [0.29, 0.717) is 0 Å². The van der Waals surface area contributed by atoms with Crippen LogP contribution in [0.4, 0.5) is 11.4 Å². The molecule has 8 rings (SSSR count). The molecule has 2 atom stereocenters. The Bertz CT molecular complexity index is 1450. The first-order valence-corrected chi connectivity index (χ1v) is 11.7. The fourth-order valence-electron chi connectivity index (χ4n) is 7.54. The van der Waals surface area contributed by atoms with Gasteiger partial charge >= 0.3 is 0 Å². The highest BCUT2D eigenvalue weighted by molar-refractivity contribution is 6.99. The van der Waals surface area contributed by atoms with E-state index in [1.165, 1.54) is 64.9 Å². The highest BCUT2D eigenvalue weighted by atomic mass is 15.3. The number of nitrogens with zero attached hydrogens (tertiary/aromatic N) is 3. The molecule has 0 saturated heterocycles. The van der Waals surface area contributed by atoms with E-state index in [4.69, 9.17) is 4.98 Å². The molecule has 4 heteroatoms. The molecule has 4 heterocycles. The Morgan fingerprint density at radius 2 is 1.68 bits per heavy atom. The van der Waals surface area contributed by atoms with Crippen molar-refractivity contribution in [1.82, 2.24) is 9.55 Å². The molecule has 0 bridgehead atoms. The maximum absolute atomic E-state index is 5.18. The van der Waals surface area contributed by atoms with E-state index in [1.54, 1.807) is 5.56 Å². The molecule has 2 unspecified atom stereocenters. The number of hydrogen-bond acceptors (Lipinski definition) is 2. The molecule has 150 valence electrons. The van der Waals surface area contributed by atoms with Crippen LogP contribution in [0, 0.1) is 0 Å². The summed E-state index contributed by atoms with van der Waals surface area (Å²) >= 11 is 0. The lowest BCUT2D eigenvalue weighted by Crippen LogP contribution is -2.61.